The fourth-order valence-electron chi connectivity index (χ4n) is 3.33. The standard InChI is InChI=1S/C15H25NO4/c1-10-7-11(12(8-10)14(18)19)13(17)16-9-15(2)3-5-20-6-4-15/h10-12H,3-9H2,1-2H3,(H,16,17)(H,18,19)/t10?,11-,12+/m0/s1. The number of nitrogens with one attached hydrogen (secondary N) is 1. The number of amides is 1. The number of carboxylic acid groups (broad SMARTS) is 1. The minimum Gasteiger partial charge on any atom is -0.481 e. The Hall–Kier alpha value is -1.10. The van der Waals surface area contributed by atoms with Gasteiger partial charge in [-0.05, 0) is 37.0 Å². The minimum atomic E-state index is -0.841. The van der Waals surface area contributed by atoms with Crippen LogP contribution in [0.1, 0.15) is 39.5 Å². The van der Waals surface area contributed by atoms with E-state index in [0.29, 0.717) is 25.3 Å². The summed E-state index contributed by atoms with van der Waals surface area (Å²) in [5.74, 6) is -1.51. The average Bonchev–Trinajstić information content (AvgIpc) is 2.79. The molecule has 2 N–H and O–H groups in total. The number of hydrogen-bond acceptors (Lipinski definition) is 3. The Morgan fingerprint density at radius 2 is 1.85 bits per heavy atom. The van der Waals surface area contributed by atoms with Gasteiger partial charge in [0.1, 0.15) is 0 Å². The van der Waals surface area contributed by atoms with Gasteiger partial charge >= 0.3 is 5.97 Å². The molecule has 0 aromatic rings. The second-order valence-corrected chi connectivity index (χ2v) is 6.77. The highest BCUT2D eigenvalue weighted by molar-refractivity contribution is 5.85. The van der Waals surface area contributed by atoms with E-state index in [-0.39, 0.29) is 17.2 Å². The maximum Gasteiger partial charge on any atom is 0.307 e. The van der Waals surface area contributed by atoms with Crippen molar-refractivity contribution in [1.29, 1.82) is 0 Å². The average molecular weight is 283 g/mol. The summed E-state index contributed by atoms with van der Waals surface area (Å²) in [7, 11) is 0. The van der Waals surface area contributed by atoms with Gasteiger partial charge in [0, 0.05) is 19.8 Å². The van der Waals surface area contributed by atoms with Gasteiger partial charge in [-0.2, -0.15) is 0 Å². The molecule has 5 heteroatoms. The summed E-state index contributed by atoms with van der Waals surface area (Å²) >= 11 is 0. The molecule has 0 spiro atoms. The van der Waals surface area contributed by atoms with E-state index in [1.807, 2.05) is 6.92 Å². The summed E-state index contributed by atoms with van der Waals surface area (Å²) in [6, 6.07) is 0. The van der Waals surface area contributed by atoms with Crippen LogP contribution in [0.25, 0.3) is 0 Å². The van der Waals surface area contributed by atoms with E-state index in [1.165, 1.54) is 0 Å². The molecule has 5 nitrogen and oxygen atoms in total. The van der Waals surface area contributed by atoms with Gasteiger partial charge in [-0.1, -0.05) is 13.8 Å². The van der Waals surface area contributed by atoms with Crippen molar-refractivity contribution >= 4 is 11.9 Å². The molecule has 0 aromatic heterocycles. The van der Waals surface area contributed by atoms with Gasteiger partial charge in [-0.3, -0.25) is 9.59 Å². The number of carbonyl (C=O) groups excluding carboxylic acids is 1. The van der Waals surface area contributed by atoms with Crippen LogP contribution >= 0.6 is 0 Å². The van der Waals surface area contributed by atoms with Crippen LogP contribution in [0.3, 0.4) is 0 Å². The van der Waals surface area contributed by atoms with E-state index in [4.69, 9.17) is 4.74 Å². The van der Waals surface area contributed by atoms with Crippen LogP contribution in [0, 0.1) is 23.2 Å². The van der Waals surface area contributed by atoms with Crippen LogP contribution in [-0.4, -0.2) is 36.7 Å². The lowest BCUT2D eigenvalue weighted by Crippen LogP contribution is -2.43. The quantitative estimate of drug-likeness (QED) is 0.823. The second-order valence-electron chi connectivity index (χ2n) is 6.77. The number of ether oxygens (including phenoxy) is 1. The Morgan fingerprint density at radius 3 is 2.45 bits per heavy atom. The van der Waals surface area contributed by atoms with Crippen molar-refractivity contribution in [2.24, 2.45) is 23.2 Å². The van der Waals surface area contributed by atoms with Crippen LogP contribution < -0.4 is 5.32 Å². The van der Waals surface area contributed by atoms with Gasteiger partial charge in [0.05, 0.1) is 11.8 Å². The smallest absolute Gasteiger partial charge is 0.307 e. The first-order chi connectivity index (χ1) is 9.41. The van der Waals surface area contributed by atoms with Crippen LogP contribution in [0.5, 0.6) is 0 Å². The maximum atomic E-state index is 12.3. The molecule has 1 heterocycles. The van der Waals surface area contributed by atoms with Gasteiger partial charge < -0.3 is 15.2 Å². The molecule has 1 aliphatic carbocycles. The lowest BCUT2D eigenvalue weighted by molar-refractivity contribution is -0.146. The van der Waals surface area contributed by atoms with Gasteiger partial charge in [0.15, 0.2) is 0 Å². The third kappa shape index (κ3) is 3.51. The predicted octanol–water partition coefficient (Wildman–Crippen LogP) is 1.67. The third-order valence-electron chi connectivity index (χ3n) is 4.84. The summed E-state index contributed by atoms with van der Waals surface area (Å²) in [5, 5.41) is 12.2. The lowest BCUT2D eigenvalue weighted by atomic mass is 9.82. The molecule has 20 heavy (non-hydrogen) atoms. The van der Waals surface area contributed by atoms with E-state index in [2.05, 4.69) is 12.2 Å². The Balaban J connectivity index is 1.89. The first-order valence-corrected chi connectivity index (χ1v) is 7.49. The van der Waals surface area contributed by atoms with Crippen molar-refractivity contribution in [2.75, 3.05) is 19.8 Å². The van der Waals surface area contributed by atoms with Crippen molar-refractivity contribution in [3.05, 3.63) is 0 Å². The zero-order valence-corrected chi connectivity index (χ0v) is 12.4. The fourth-order valence-corrected chi connectivity index (χ4v) is 3.33. The van der Waals surface area contributed by atoms with Crippen LogP contribution in [0.2, 0.25) is 0 Å². The number of carbonyl (C=O) groups is 2. The van der Waals surface area contributed by atoms with E-state index in [9.17, 15) is 14.7 Å². The highest BCUT2D eigenvalue weighted by atomic mass is 16.5. The fraction of sp³-hybridized carbons (Fsp3) is 0.867. The molecule has 1 aliphatic heterocycles. The highest BCUT2D eigenvalue weighted by Crippen LogP contribution is 2.37. The number of carboxylic acids is 1. The van der Waals surface area contributed by atoms with Crippen molar-refractivity contribution in [3.8, 4) is 0 Å². The van der Waals surface area contributed by atoms with Gasteiger partial charge in [-0.15, -0.1) is 0 Å². The summed E-state index contributed by atoms with van der Waals surface area (Å²) in [6.45, 7) is 6.27. The number of rotatable bonds is 4. The Kier molecular flexibility index (Phi) is 4.68. The van der Waals surface area contributed by atoms with Crippen LogP contribution in [0.15, 0.2) is 0 Å². The molecule has 0 radical (unpaired) electrons. The molecular weight excluding hydrogens is 258 g/mol. The summed E-state index contributed by atoms with van der Waals surface area (Å²) in [6.07, 6.45) is 3.18. The maximum absolute atomic E-state index is 12.3. The molecule has 0 aromatic carbocycles. The molecule has 0 bridgehead atoms. The molecule has 2 rings (SSSR count). The normalized spacial score (nSPS) is 32.8. The lowest BCUT2D eigenvalue weighted by Gasteiger charge is -2.34. The van der Waals surface area contributed by atoms with E-state index >= 15 is 0 Å². The largest absolute Gasteiger partial charge is 0.481 e. The zero-order valence-electron chi connectivity index (χ0n) is 12.4. The molecule has 2 fully saturated rings. The number of aliphatic carboxylic acids is 1. The minimum absolute atomic E-state index is 0.0802. The van der Waals surface area contributed by atoms with Crippen molar-refractivity contribution < 1.29 is 19.4 Å². The monoisotopic (exact) mass is 283 g/mol. The summed E-state index contributed by atoms with van der Waals surface area (Å²) < 4.78 is 5.34. The number of hydrogen-bond donors (Lipinski definition) is 2. The third-order valence-corrected chi connectivity index (χ3v) is 4.84. The Morgan fingerprint density at radius 1 is 1.25 bits per heavy atom. The highest BCUT2D eigenvalue weighted by Gasteiger charge is 2.41. The van der Waals surface area contributed by atoms with E-state index in [1.54, 1.807) is 0 Å². The molecule has 2 aliphatic rings. The van der Waals surface area contributed by atoms with Gasteiger partial charge in [0.2, 0.25) is 5.91 Å². The topological polar surface area (TPSA) is 75.6 Å². The van der Waals surface area contributed by atoms with E-state index in [0.717, 1.165) is 26.1 Å². The Bertz CT molecular complexity index is 376. The molecule has 1 saturated carbocycles. The first-order valence-electron chi connectivity index (χ1n) is 7.49. The predicted molar refractivity (Wildman–Crippen MR) is 74.2 cm³/mol. The molecule has 114 valence electrons. The van der Waals surface area contributed by atoms with Crippen LogP contribution in [-0.2, 0) is 14.3 Å². The van der Waals surface area contributed by atoms with Crippen molar-refractivity contribution in [1.82, 2.24) is 5.32 Å². The molecule has 1 saturated heterocycles. The van der Waals surface area contributed by atoms with Gasteiger partial charge in [0.25, 0.3) is 0 Å². The van der Waals surface area contributed by atoms with Crippen molar-refractivity contribution in [3.63, 3.8) is 0 Å². The summed E-state index contributed by atoms with van der Waals surface area (Å²) in [5.41, 5.74) is 0.0802. The molecule has 1 amide bonds. The zero-order chi connectivity index (χ0) is 14.8. The van der Waals surface area contributed by atoms with Crippen molar-refractivity contribution in [2.45, 2.75) is 39.5 Å². The van der Waals surface area contributed by atoms with E-state index < -0.39 is 11.9 Å². The summed E-state index contributed by atoms with van der Waals surface area (Å²) in [4.78, 5) is 23.5. The van der Waals surface area contributed by atoms with Crippen LogP contribution in [0.4, 0.5) is 0 Å². The second kappa shape index (κ2) is 6.12. The molecular formula is C15H25NO4. The first kappa shape index (κ1) is 15.3. The molecule has 3 atom stereocenters. The Labute approximate surface area is 120 Å². The molecule has 1 unspecified atom stereocenters. The van der Waals surface area contributed by atoms with Gasteiger partial charge in [-0.25, -0.2) is 0 Å². The SMILES string of the molecule is CC1C[C@H](C(=O)NCC2(C)CCOCC2)[C@H](C(=O)O)C1.